The van der Waals surface area contributed by atoms with Gasteiger partial charge >= 0.3 is 12.1 Å². The molecule has 0 saturated carbocycles. The van der Waals surface area contributed by atoms with Crippen LogP contribution in [0.4, 0.5) is 13.2 Å². The summed E-state index contributed by atoms with van der Waals surface area (Å²) in [6.45, 7) is 2.75. The zero-order valence-corrected chi connectivity index (χ0v) is 29.1. The molecule has 1 aliphatic heterocycles. The lowest BCUT2D eigenvalue weighted by atomic mass is 10.0. The maximum atomic E-state index is 13.5. The monoisotopic (exact) mass is 760 g/mol. The van der Waals surface area contributed by atoms with Gasteiger partial charge in [0.15, 0.2) is 5.96 Å². The molecule has 2 rings (SSSR count). The molecule has 0 radical (unpaired) electrons. The third-order valence-electron chi connectivity index (χ3n) is 7.59. The molecule has 0 spiro atoms. The van der Waals surface area contributed by atoms with Crippen LogP contribution in [0.25, 0.3) is 0 Å². The Labute approximate surface area is 302 Å². The first-order valence-electron chi connectivity index (χ1n) is 16.3. The van der Waals surface area contributed by atoms with Gasteiger partial charge in [-0.3, -0.25) is 33.8 Å². The zero-order chi connectivity index (χ0) is 40.5. The molecule has 1 saturated heterocycles. The first kappa shape index (κ1) is 45.5. The van der Waals surface area contributed by atoms with Crippen LogP contribution >= 0.6 is 0 Å². The van der Waals surface area contributed by atoms with Gasteiger partial charge in [-0.15, -0.1) is 0 Å². The number of aliphatic hydroxyl groups excluding tert-OH is 1. The first-order chi connectivity index (χ1) is 24.6. The van der Waals surface area contributed by atoms with Gasteiger partial charge in [0.2, 0.25) is 35.4 Å². The van der Waals surface area contributed by atoms with Gasteiger partial charge in [0.05, 0.1) is 12.6 Å². The van der Waals surface area contributed by atoms with Crippen LogP contribution in [0, 0.1) is 0 Å². The Bertz CT molecular complexity index is 1460. The van der Waals surface area contributed by atoms with Crippen LogP contribution in [0.1, 0.15) is 45.1 Å². The van der Waals surface area contributed by atoms with E-state index >= 15 is 0 Å². The lowest BCUT2D eigenvalue weighted by Crippen LogP contribution is -2.58. The van der Waals surface area contributed by atoms with Crippen LogP contribution in [0.2, 0.25) is 0 Å². The van der Waals surface area contributed by atoms with Crippen LogP contribution in [-0.4, -0.2) is 125 Å². The summed E-state index contributed by atoms with van der Waals surface area (Å²) in [7, 11) is 0. The Balaban J connectivity index is 0.00000181. The number of carbonyl (C=O) groups excluding carboxylic acids is 6. The van der Waals surface area contributed by atoms with E-state index in [1.807, 2.05) is 0 Å². The summed E-state index contributed by atoms with van der Waals surface area (Å²) in [6.07, 6.45) is -4.83. The molecule has 0 aliphatic carbocycles. The molecule has 1 aromatic carbocycles. The van der Waals surface area contributed by atoms with Crippen LogP contribution in [0.3, 0.4) is 0 Å². The van der Waals surface area contributed by atoms with Gasteiger partial charge in [0.1, 0.15) is 30.2 Å². The number of primary amides is 1. The number of nitrogens with zero attached hydrogens (tertiary/aromatic N) is 2. The number of benzene rings is 1. The number of nitrogens with two attached hydrogens (primary N) is 4. The average Bonchev–Trinajstić information content (AvgIpc) is 3.58. The van der Waals surface area contributed by atoms with Crippen molar-refractivity contribution < 1.29 is 56.9 Å². The third kappa shape index (κ3) is 16.6. The molecular formula is C31H47F3N10O9. The van der Waals surface area contributed by atoms with Gasteiger partial charge in [-0.2, -0.15) is 13.2 Å². The molecular weight excluding hydrogens is 713 g/mol. The summed E-state index contributed by atoms with van der Waals surface area (Å²) in [5, 5.41) is 27.0. The number of aliphatic hydroxyl groups is 1. The second-order valence-electron chi connectivity index (χ2n) is 11.9. The molecule has 1 aliphatic rings. The van der Waals surface area contributed by atoms with Gasteiger partial charge in [0, 0.05) is 19.5 Å². The number of rotatable bonds is 17. The van der Waals surface area contributed by atoms with E-state index in [0.29, 0.717) is 24.9 Å². The molecule has 0 aromatic heterocycles. The highest BCUT2D eigenvalue weighted by molar-refractivity contribution is 5.95. The van der Waals surface area contributed by atoms with Crippen molar-refractivity contribution in [3.05, 3.63) is 35.9 Å². The van der Waals surface area contributed by atoms with E-state index in [9.17, 15) is 47.0 Å². The number of alkyl halides is 3. The first-order valence-corrected chi connectivity index (χ1v) is 16.3. The largest absolute Gasteiger partial charge is 0.490 e. The molecule has 14 N–H and O–H groups in total. The lowest BCUT2D eigenvalue weighted by molar-refractivity contribution is -0.192. The van der Waals surface area contributed by atoms with E-state index in [-0.39, 0.29) is 31.8 Å². The van der Waals surface area contributed by atoms with Crippen molar-refractivity contribution in [1.82, 2.24) is 26.2 Å². The Morgan fingerprint density at radius 2 is 1.53 bits per heavy atom. The number of carbonyl (C=O) groups is 7. The van der Waals surface area contributed by atoms with Gasteiger partial charge in [-0.1, -0.05) is 30.3 Å². The average molecular weight is 761 g/mol. The maximum absolute atomic E-state index is 13.5. The SMILES string of the molecule is C[C@H](NC(=O)CNC(=O)[C@H](CCCN=C(N)N)NC(=O)[C@H](Cc1ccccc1)NC(=O)[C@@H](N)[C@@H](C)O)C(=O)N1CCC[C@H]1C(N)=O.O=C(O)C(F)(F)F. The highest BCUT2D eigenvalue weighted by Gasteiger charge is 2.38. The number of hydrogen-bond donors (Lipinski definition) is 10. The predicted molar refractivity (Wildman–Crippen MR) is 182 cm³/mol. The molecule has 53 heavy (non-hydrogen) atoms. The van der Waals surface area contributed by atoms with Gasteiger partial charge in [0.25, 0.3) is 0 Å². The van der Waals surface area contributed by atoms with Crippen LogP contribution in [0.5, 0.6) is 0 Å². The van der Waals surface area contributed by atoms with Crippen molar-refractivity contribution >= 4 is 47.4 Å². The molecule has 6 atom stereocenters. The Kier molecular flexibility index (Phi) is 18.7. The second kappa shape index (κ2) is 21.8. The second-order valence-corrected chi connectivity index (χ2v) is 11.9. The van der Waals surface area contributed by atoms with Crippen molar-refractivity contribution in [3.63, 3.8) is 0 Å². The van der Waals surface area contributed by atoms with Crippen LogP contribution < -0.4 is 44.2 Å². The maximum Gasteiger partial charge on any atom is 0.490 e. The normalized spacial score (nSPS) is 16.6. The van der Waals surface area contributed by atoms with Gasteiger partial charge in [-0.25, -0.2) is 4.79 Å². The van der Waals surface area contributed by atoms with Crippen molar-refractivity contribution in [2.45, 2.75) is 88.4 Å². The summed E-state index contributed by atoms with van der Waals surface area (Å²) in [5.74, 6) is -6.89. The number of amides is 6. The van der Waals surface area contributed by atoms with Crippen molar-refractivity contribution in [2.24, 2.45) is 27.9 Å². The number of likely N-dealkylation sites (tertiary alicyclic amines) is 1. The lowest BCUT2D eigenvalue weighted by Gasteiger charge is -2.26. The minimum atomic E-state index is -5.08. The Morgan fingerprint density at radius 3 is 2.06 bits per heavy atom. The van der Waals surface area contributed by atoms with Gasteiger partial charge < -0.3 is 59.3 Å². The standard InChI is InChI=1S/C29H46N10O7.C2HF3O2/c1-16(28(46)39-13-7-11-21(39)24(31)42)36-22(41)15-35-25(43)19(10-6-12-34-29(32)33)37-26(44)20(14-18-8-4-3-5-9-18)38-27(45)23(30)17(2)40;3-2(4,5)1(6)7/h3-5,8-9,16-17,19-21,23,40H,6-7,10-15,30H2,1-2H3,(H2,31,42)(H,35,43)(H,36,41)(H,37,44)(H,38,45)(H4,32,33,34);(H,6,7)/t16-,17+,19-,20-,21-,23-;/m0./s1. The molecule has 19 nitrogen and oxygen atoms in total. The summed E-state index contributed by atoms with van der Waals surface area (Å²) in [4.78, 5) is 90.5. The fourth-order valence-electron chi connectivity index (χ4n) is 4.81. The summed E-state index contributed by atoms with van der Waals surface area (Å²) in [5.41, 5.74) is 22.6. The van der Waals surface area contributed by atoms with Gasteiger partial charge in [-0.05, 0) is 45.1 Å². The van der Waals surface area contributed by atoms with E-state index in [2.05, 4.69) is 26.3 Å². The quantitative estimate of drug-likeness (QED) is 0.0424. The fraction of sp³-hybridized carbons (Fsp3) is 0.548. The fourth-order valence-corrected chi connectivity index (χ4v) is 4.81. The van der Waals surface area contributed by atoms with Crippen molar-refractivity contribution in [1.29, 1.82) is 0 Å². The predicted octanol–water partition coefficient (Wildman–Crippen LogP) is -3.31. The van der Waals surface area contributed by atoms with E-state index in [4.69, 9.17) is 32.8 Å². The number of halogens is 3. The minimum Gasteiger partial charge on any atom is -0.475 e. The van der Waals surface area contributed by atoms with Crippen LogP contribution in [0.15, 0.2) is 35.3 Å². The molecule has 0 unspecified atom stereocenters. The smallest absolute Gasteiger partial charge is 0.475 e. The molecule has 22 heteroatoms. The highest BCUT2D eigenvalue weighted by atomic mass is 19.4. The number of carboxylic acid groups (broad SMARTS) is 1. The third-order valence-corrected chi connectivity index (χ3v) is 7.59. The molecule has 0 bridgehead atoms. The molecule has 6 amide bonds. The summed E-state index contributed by atoms with van der Waals surface area (Å²) in [6, 6.07) is 3.43. The number of hydrogen-bond acceptors (Lipinski definition) is 10. The van der Waals surface area contributed by atoms with Crippen molar-refractivity contribution in [3.8, 4) is 0 Å². The van der Waals surface area contributed by atoms with Crippen LogP contribution in [-0.2, 0) is 40.0 Å². The number of aliphatic carboxylic acids is 1. The summed E-state index contributed by atoms with van der Waals surface area (Å²) < 4.78 is 31.7. The topological polar surface area (TPSA) is 328 Å². The van der Waals surface area contributed by atoms with E-state index in [1.54, 1.807) is 30.3 Å². The molecule has 296 valence electrons. The number of guanidine groups is 1. The van der Waals surface area contributed by atoms with E-state index < -0.39 is 90.4 Å². The molecule has 1 aromatic rings. The summed E-state index contributed by atoms with van der Waals surface area (Å²) >= 11 is 0. The van der Waals surface area contributed by atoms with Crippen molar-refractivity contribution in [2.75, 3.05) is 19.6 Å². The number of aliphatic imine (C=N–C) groups is 1. The van der Waals surface area contributed by atoms with E-state index in [1.165, 1.54) is 18.7 Å². The molecule has 1 fully saturated rings. The number of carboxylic acids is 1. The zero-order valence-electron chi connectivity index (χ0n) is 29.1. The Morgan fingerprint density at radius 1 is 0.943 bits per heavy atom. The van der Waals surface area contributed by atoms with E-state index in [0.717, 1.165) is 0 Å². The Hall–Kier alpha value is -5.51. The molecule has 1 heterocycles. The highest BCUT2D eigenvalue weighted by Crippen LogP contribution is 2.18. The number of nitrogens with one attached hydrogen (secondary N) is 4. The minimum absolute atomic E-state index is 0.0508.